The summed E-state index contributed by atoms with van der Waals surface area (Å²) >= 11 is 0. The molecule has 2 aromatic carbocycles. The third kappa shape index (κ3) is 3.71. The number of aliphatic hydroxyl groups is 1. The zero-order valence-corrected chi connectivity index (χ0v) is 15.4. The smallest absolute Gasteiger partial charge is 0.137 e. The van der Waals surface area contributed by atoms with E-state index < -0.39 is 6.10 Å². The summed E-state index contributed by atoms with van der Waals surface area (Å²) in [5.74, 6) is 0.776. The summed E-state index contributed by atoms with van der Waals surface area (Å²) in [6, 6.07) is 14.6. The van der Waals surface area contributed by atoms with E-state index >= 15 is 0 Å². The highest BCUT2D eigenvalue weighted by molar-refractivity contribution is 6.05. The topological polar surface area (TPSA) is 47.0 Å². The molecule has 0 saturated heterocycles. The van der Waals surface area contributed by atoms with E-state index in [1.165, 1.54) is 37.0 Å². The van der Waals surface area contributed by atoms with E-state index in [0.29, 0.717) is 12.6 Å². The lowest BCUT2D eigenvalue weighted by Gasteiger charge is -2.29. The minimum Gasteiger partial charge on any atom is -0.491 e. The normalized spacial score (nSPS) is 18.2. The van der Waals surface area contributed by atoms with E-state index in [-0.39, 0.29) is 0 Å². The molecule has 1 unspecified atom stereocenters. The first-order valence-electron chi connectivity index (χ1n) is 9.75. The van der Waals surface area contributed by atoms with Gasteiger partial charge in [0.25, 0.3) is 0 Å². The molecule has 1 aromatic heterocycles. The number of aliphatic hydroxyl groups excluding tert-OH is 1. The monoisotopic (exact) mass is 354 g/mol. The van der Waals surface area contributed by atoms with Crippen LogP contribution in [0.5, 0.6) is 5.75 Å². The van der Waals surface area contributed by atoms with Crippen molar-refractivity contribution in [1.82, 2.24) is 0 Å². The molecule has 0 radical (unpaired) electrons. The maximum atomic E-state index is 10.4. The summed E-state index contributed by atoms with van der Waals surface area (Å²) in [6.45, 7) is 1.06. The van der Waals surface area contributed by atoms with Gasteiger partial charge in [-0.1, -0.05) is 24.6 Å². The van der Waals surface area contributed by atoms with Crippen LogP contribution in [0.15, 0.2) is 46.9 Å². The number of nitrogens with one attached hydrogen (secondary N) is 1. The van der Waals surface area contributed by atoms with Crippen LogP contribution in [0.2, 0.25) is 0 Å². The Labute approximate surface area is 154 Å². The Bertz CT molecular complexity index is 866. The maximum Gasteiger partial charge on any atom is 0.137 e. The molecule has 0 bridgehead atoms. The van der Waals surface area contributed by atoms with Gasteiger partial charge in [-0.15, -0.1) is 0 Å². The molecule has 4 rings (SSSR count). The number of ether oxygens (including phenoxy) is 1. The number of furan rings is 1. The summed E-state index contributed by atoms with van der Waals surface area (Å²) in [7, 11) is 2.20. The second kappa shape index (κ2) is 7.68. The second-order valence-electron chi connectivity index (χ2n) is 7.61. The van der Waals surface area contributed by atoms with Crippen LogP contribution in [0, 0.1) is 0 Å². The van der Waals surface area contributed by atoms with Gasteiger partial charge >= 0.3 is 0 Å². The van der Waals surface area contributed by atoms with E-state index in [0.717, 1.165) is 34.2 Å². The molecule has 1 aliphatic carbocycles. The Hall–Kier alpha value is -2.04. The van der Waals surface area contributed by atoms with Crippen LogP contribution in [0.4, 0.5) is 0 Å². The summed E-state index contributed by atoms with van der Waals surface area (Å²) in [5.41, 5.74) is 1.75. The fourth-order valence-corrected chi connectivity index (χ4v) is 4.18. The van der Waals surface area contributed by atoms with Gasteiger partial charge < -0.3 is 19.2 Å². The predicted molar refractivity (Wildman–Crippen MR) is 104 cm³/mol. The van der Waals surface area contributed by atoms with Crippen LogP contribution in [-0.2, 0) is 0 Å². The first-order chi connectivity index (χ1) is 12.7. The number of quaternary nitrogens is 1. The zero-order chi connectivity index (χ0) is 17.9. The fraction of sp³-hybridized carbons (Fsp3) is 0.455. The quantitative estimate of drug-likeness (QED) is 0.715. The van der Waals surface area contributed by atoms with Crippen molar-refractivity contribution >= 4 is 21.9 Å². The van der Waals surface area contributed by atoms with Gasteiger partial charge in [-0.2, -0.15) is 0 Å². The standard InChI is InChI=1S/C22H27NO3/c1-23(16-7-3-2-4-8-16)14-17(24)15-25-18-11-12-22-20(13-18)19-9-5-6-10-21(19)26-22/h5-6,9-13,16-17,24H,2-4,7-8,14-15H2,1H3/p+1/t17-/m1/s1. The molecule has 2 atom stereocenters. The molecule has 138 valence electrons. The van der Waals surface area contributed by atoms with E-state index in [2.05, 4.69) is 13.1 Å². The van der Waals surface area contributed by atoms with E-state index in [1.54, 1.807) is 0 Å². The molecular formula is C22H28NO3+. The van der Waals surface area contributed by atoms with Gasteiger partial charge in [0, 0.05) is 10.8 Å². The molecule has 4 heteroatoms. The Balaban J connectivity index is 1.38. The average Bonchev–Trinajstić information content (AvgIpc) is 3.05. The fourth-order valence-electron chi connectivity index (χ4n) is 4.18. The van der Waals surface area contributed by atoms with Crippen LogP contribution in [-0.4, -0.2) is 37.5 Å². The summed E-state index contributed by atoms with van der Waals surface area (Å²) in [6.07, 6.45) is 6.13. The largest absolute Gasteiger partial charge is 0.491 e. The molecule has 0 amide bonds. The molecule has 2 N–H and O–H groups in total. The zero-order valence-electron chi connectivity index (χ0n) is 15.4. The van der Waals surface area contributed by atoms with Crippen LogP contribution in [0.1, 0.15) is 32.1 Å². The first-order valence-corrected chi connectivity index (χ1v) is 9.75. The molecule has 1 heterocycles. The number of rotatable bonds is 6. The molecule has 0 aliphatic heterocycles. The summed E-state index contributed by atoms with van der Waals surface area (Å²) in [5, 5.41) is 12.5. The minimum atomic E-state index is -0.450. The van der Waals surface area contributed by atoms with Gasteiger partial charge in [0.2, 0.25) is 0 Å². The van der Waals surface area contributed by atoms with Crippen LogP contribution >= 0.6 is 0 Å². The molecule has 1 fully saturated rings. The van der Waals surface area contributed by atoms with Crippen molar-refractivity contribution in [3.8, 4) is 5.75 Å². The van der Waals surface area contributed by atoms with E-state index in [4.69, 9.17) is 9.15 Å². The number of hydrogen-bond donors (Lipinski definition) is 2. The number of hydrogen-bond acceptors (Lipinski definition) is 3. The van der Waals surface area contributed by atoms with Gasteiger partial charge in [0.1, 0.15) is 36.2 Å². The van der Waals surface area contributed by atoms with Crippen LogP contribution < -0.4 is 9.64 Å². The van der Waals surface area contributed by atoms with E-state index in [9.17, 15) is 5.11 Å². The number of likely N-dealkylation sites (N-methyl/N-ethyl adjacent to an activating group) is 1. The second-order valence-corrected chi connectivity index (χ2v) is 7.61. The molecule has 1 aliphatic rings. The highest BCUT2D eigenvalue weighted by Gasteiger charge is 2.23. The third-order valence-electron chi connectivity index (χ3n) is 5.65. The Morgan fingerprint density at radius 2 is 1.85 bits per heavy atom. The average molecular weight is 354 g/mol. The van der Waals surface area contributed by atoms with Crippen molar-refractivity contribution in [3.63, 3.8) is 0 Å². The number of para-hydroxylation sites is 1. The van der Waals surface area contributed by atoms with Gasteiger partial charge in [0.15, 0.2) is 0 Å². The maximum absolute atomic E-state index is 10.4. The highest BCUT2D eigenvalue weighted by atomic mass is 16.5. The molecule has 1 saturated carbocycles. The van der Waals surface area contributed by atoms with Gasteiger partial charge in [-0.3, -0.25) is 0 Å². The predicted octanol–water partition coefficient (Wildman–Crippen LogP) is 3.17. The SMILES string of the molecule is C[NH+](C[C@@H](O)COc1ccc2oc3ccccc3c2c1)C1CCCCC1. The van der Waals surface area contributed by atoms with Crippen LogP contribution in [0.3, 0.4) is 0 Å². The number of benzene rings is 2. The van der Waals surface area contributed by atoms with Crippen molar-refractivity contribution in [2.24, 2.45) is 0 Å². The van der Waals surface area contributed by atoms with Gasteiger partial charge in [-0.05, 0) is 49.9 Å². The number of fused-ring (bicyclic) bond motifs is 3. The van der Waals surface area contributed by atoms with E-state index in [1.807, 2.05) is 36.4 Å². The minimum absolute atomic E-state index is 0.325. The van der Waals surface area contributed by atoms with Gasteiger partial charge in [-0.25, -0.2) is 0 Å². The Morgan fingerprint density at radius 1 is 1.08 bits per heavy atom. The van der Waals surface area contributed by atoms with Crippen molar-refractivity contribution in [3.05, 3.63) is 42.5 Å². The molecule has 3 aromatic rings. The van der Waals surface area contributed by atoms with Crippen molar-refractivity contribution < 1.29 is 19.2 Å². The molecule has 4 nitrogen and oxygen atoms in total. The van der Waals surface area contributed by atoms with Gasteiger partial charge in [0.05, 0.1) is 13.1 Å². The molecule has 0 spiro atoms. The molecular weight excluding hydrogens is 326 g/mol. The lowest BCUT2D eigenvalue weighted by Crippen LogP contribution is -3.14. The van der Waals surface area contributed by atoms with Crippen molar-refractivity contribution in [2.45, 2.75) is 44.2 Å². The van der Waals surface area contributed by atoms with Crippen LogP contribution in [0.25, 0.3) is 21.9 Å². The lowest BCUT2D eigenvalue weighted by molar-refractivity contribution is -0.910. The summed E-state index contributed by atoms with van der Waals surface area (Å²) < 4.78 is 11.7. The molecule has 26 heavy (non-hydrogen) atoms. The third-order valence-corrected chi connectivity index (χ3v) is 5.65. The Morgan fingerprint density at radius 3 is 2.69 bits per heavy atom. The highest BCUT2D eigenvalue weighted by Crippen LogP contribution is 2.31. The Kier molecular flexibility index (Phi) is 5.14. The summed E-state index contributed by atoms with van der Waals surface area (Å²) in [4.78, 5) is 1.43. The lowest BCUT2D eigenvalue weighted by atomic mass is 9.94. The van der Waals surface area contributed by atoms with Crippen molar-refractivity contribution in [2.75, 3.05) is 20.2 Å². The first kappa shape index (κ1) is 17.4. The van der Waals surface area contributed by atoms with Crippen molar-refractivity contribution in [1.29, 1.82) is 0 Å².